The summed E-state index contributed by atoms with van der Waals surface area (Å²) in [5.74, 6) is 0. The van der Waals surface area contributed by atoms with Gasteiger partial charge in [0.15, 0.2) is 5.13 Å². The van der Waals surface area contributed by atoms with E-state index in [0.29, 0.717) is 23.8 Å². The third kappa shape index (κ3) is 5.54. The van der Waals surface area contributed by atoms with Crippen LogP contribution in [0, 0.1) is 25.2 Å². The molecule has 0 spiro atoms. The quantitative estimate of drug-likeness (QED) is 0.598. The largest absolute Gasteiger partial charge is 0.374 e. The molecule has 0 aliphatic carbocycles. The average molecular weight is 463 g/mol. The van der Waals surface area contributed by atoms with Gasteiger partial charge in [-0.05, 0) is 43.7 Å². The van der Waals surface area contributed by atoms with Crippen LogP contribution in [0.3, 0.4) is 0 Å². The topological polar surface area (TPSA) is 103 Å². The van der Waals surface area contributed by atoms with E-state index in [2.05, 4.69) is 21.7 Å². The maximum Gasteiger partial charge on any atom is 0.323 e. The number of anilines is 1. The van der Waals surface area contributed by atoms with Crippen LogP contribution in [0.5, 0.6) is 0 Å². The molecule has 3 heterocycles. The first-order valence-electron chi connectivity index (χ1n) is 10.7. The fourth-order valence-corrected chi connectivity index (χ4v) is 4.74. The lowest BCUT2D eigenvalue weighted by molar-refractivity contribution is 0.0164. The fourth-order valence-electron chi connectivity index (χ4n) is 3.78. The van der Waals surface area contributed by atoms with Gasteiger partial charge in [0.2, 0.25) is 0 Å². The Balaban J connectivity index is 1.64. The van der Waals surface area contributed by atoms with Gasteiger partial charge in [-0.15, -0.1) is 0 Å². The number of carbonyl (C=O) groups is 1. The Kier molecular flexibility index (Phi) is 6.99. The van der Waals surface area contributed by atoms with Gasteiger partial charge in [-0.25, -0.2) is 9.78 Å². The second-order valence-electron chi connectivity index (χ2n) is 8.04. The van der Waals surface area contributed by atoms with Crippen molar-refractivity contribution in [1.29, 1.82) is 5.26 Å². The van der Waals surface area contributed by atoms with Gasteiger partial charge in [0.05, 0.1) is 34.9 Å². The highest BCUT2D eigenvalue weighted by atomic mass is 32.1. The Hall–Kier alpha value is -3.32. The lowest BCUT2D eigenvalue weighted by Crippen LogP contribution is -2.46. The van der Waals surface area contributed by atoms with Crippen LogP contribution in [0.4, 0.5) is 9.93 Å². The molecule has 33 heavy (non-hydrogen) atoms. The van der Waals surface area contributed by atoms with Crippen molar-refractivity contribution in [2.45, 2.75) is 20.0 Å². The summed E-state index contributed by atoms with van der Waals surface area (Å²) in [5.41, 5.74) is 4.89. The maximum atomic E-state index is 12.8. The minimum absolute atomic E-state index is 0.0339. The minimum atomic E-state index is -0.246. The molecule has 3 aromatic rings. The molecule has 1 aliphatic heterocycles. The third-order valence-electron chi connectivity index (χ3n) is 5.28. The van der Waals surface area contributed by atoms with Crippen LogP contribution in [0.2, 0.25) is 0 Å². The number of hydrogen-bond acceptors (Lipinski definition) is 7. The highest BCUT2D eigenvalue weighted by molar-refractivity contribution is 7.19. The maximum absolute atomic E-state index is 12.8. The van der Waals surface area contributed by atoms with Gasteiger partial charge in [0.25, 0.3) is 0 Å². The molecule has 1 aliphatic rings. The highest BCUT2D eigenvalue weighted by Gasteiger charge is 2.21. The zero-order valence-corrected chi connectivity index (χ0v) is 19.7. The summed E-state index contributed by atoms with van der Waals surface area (Å²) in [7, 11) is 1.74. The molecular weight excluding hydrogens is 436 g/mol. The lowest BCUT2D eigenvalue weighted by Gasteiger charge is -2.27. The summed E-state index contributed by atoms with van der Waals surface area (Å²) in [5, 5.41) is 16.0. The molecule has 0 bridgehead atoms. The van der Waals surface area contributed by atoms with Crippen molar-refractivity contribution in [3.63, 3.8) is 0 Å². The minimum Gasteiger partial charge on any atom is -0.374 e. The zero-order chi connectivity index (χ0) is 23.4. The molecule has 0 radical (unpaired) electrons. The highest BCUT2D eigenvalue weighted by Crippen LogP contribution is 2.39. The lowest BCUT2D eigenvalue weighted by atomic mass is 10.0. The van der Waals surface area contributed by atoms with Crippen molar-refractivity contribution in [2.75, 3.05) is 38.6 Å². The molecule has 1 atom stereocenters. The van der Waals surface area contributed by atoms with E-state index >= 15 is 0 Å². The number of benzene rings is 1. The first-order valence-corrected chi connectivity index (χ1v) is 11.6. The van der Waals surface area contributed by atoms with Crippen molar-refractivity contribution < 1.29 is 9.53 Å². The smallest absolute Gasteiger partial charge is 0.323 e. The zero-order valence-electron chi connectivity index (χ0n) is 18.9. The summed E-state index contributed by atoms with van der Waals surface area (Å²) in [6.07, 6.45) is -0.0339. The predicted molar refractivity (Wildman–Crippen MR) is 129 cm³/mol. The van der Waals surface area contributed by atoms with Crippen LogP contribution in [-0.4, -0.2) is 60.3 Å². The first-order chi connectivity index (χ1) is 15.9. The second kappa shape index (κ2) is 10.1. The molecule has 9 heteroatoms. The van der Waals surface area contributed by atoms with Gasteiger partial charge < -0.3 is 15.0 Å². The van der Waals surface area contributed by atoms with Crippen LogP contribution in [0.15, 0.2) is 36.4 Å². The molecule has 0 saturated carbocycles. The molecule has 170 valence electrons. The number of pyridine rings is 1. The number of morpholine rings is 1. The fraction of sp³-hybridized carbons (Fsp3) is 0.333. The molecule has 1 saturated heterocycles. The number of ether oxygens (including phenoxy) is 1. The van der Waals surface area contributed by atoms with Crippen molar-refractivity contribution in [2.24, 2.45) is 0 Å². The third-order valence-corrected chi connectivity index (χ3v) is 6.30. The number of nitriles is 1. The Labute approximate surface area is 197 Å². The van der Waals surface area contributed by atoms with Crippen molar-refractivity contribution in [3.05, 3.63) is 53.3 Å². The van der Waals surface area contributed by atoms with E-state index in [1.807, 2.05) is 44.2 Å². The molecule has 1 fully saturated rings. The van der Waals surface area contributed by atoms with E-state index in [-0.39, 0.29) is 12.1 Å². The van der Waals surface area contributed by atoms with Crippen LogP contribution < -0.4 is 10.6 Å². The number of hydrogen-bond donors (Lipinski definition) is 2. The molecule has 8 nitrogen and oxygen atoms in total. The Morgan fingerprint density at radius 2 is 2.06 bits per heavy atom. The summed E-state index contributed by atoms with van der Waals surface area (Å²) in [6.45, 7) is 6.58. The van der Waals surface area contributed by atoms with E-state index in [1.54, 1.807) is 18.0 Å². The molecule has 1 unspecified atom stereocenters. The first kappa shape index (κ1) is 22.9. The van der Waals surface area contributed by atoms with Crippen molar-refractivity contribution in [1.82, 2.24) is 20.2 Å². The van der Waals surface area contributed by atoms with E-state index in [1.165, 1.54) is 11.3 Å². The SMILES string of the molecule is Cc1cc(-c2sc(NC(=O)N(C)CC3CNCCO3)nc2-c2cccc(C#N)c2)cc(C)n1. The van der Waals surface area contributed by atoms with Gasteiger partial charge in [0, 0.05) is 43.6 Å². The van der Waals surface area contributed by atoms with Crippen LogP contribution in [-0.2, 0) is 4.74 Å². The molecular formula is C24H26N6O2S. The molecule has 2 aromatic heterocycles. The number of rotatable bonds is 5. The Bertz CT molecular complexity index is 1180. The number of aromatic nitrogens is 2. The monoisotopic (exact) mass is 462 g/mol. The van der Waals surface area contributed by atoms with E-state index in [9.17, 15) is 10.1 Å². The van der Waals surface area contributed by atoms with Gasteiger partial charge >= 0.3 is 6.03 Å². The summed E-state index contributed by atoms with van der Waals surface area (Å²) < 4.78 is 5.70. The second-order valence-corrected chi connectivity index (χ2v) is 9.03. The molecule has 1 aromatic carbocycles. The standard InChI is InChI=1S/C24H26N6O2S/c1-15-9-19(10-16(2)27-15)22-21(18-6-4-5-17(11-18)12-25)28-23(33-22)29-24(31)30(3)14-20-13-26-7-8-32-20/h4-6,9-11,20,26H,7-8,13-14H2,1-3H3,(H,28,29,31). The van der Waals surface area contributed by atoms with Gasteiger partial charge in [-0.2, -0.15) is 5.26 Å². The van der Waals surface area contributed by atoms with Crippen LogP contribution >= 0.6 is 11.3 Å². The Morgan fingerprint density at radius 3 is 2.76 bits per heavy atom. The van der Waals surface area contributed by atoms with E-state index < -0.39 is 0 Å². The Morgan fingerprint density at radius 1 is 1.27 bits per heavy atom. The molecule has 2 N–H and O–H groups in total. The summed E-state index contributed by atoms with van der Waals surface area (Å²) in [4.78, 5) is 24.6. The van der Waals surface area contributed by atoms with Crippen molar-refractivity contribution >= 4 is 22.5 Å². The van der Waals surface area contributed by atoms with Crippen LogP contribution in [0.25, 0.3) is 21.7 Å². The normalized spacial score (nSPS) is 15.6. The number of urea groups is 1. The van der Waals surface area contributed by atoms with Gasteiger partial charge in [-0.1, -0.05) is 23.5 Å². The number of amides is 2. The molecule has 4 rings (SSSR count). The van der Waals surface area contributed by atoms with Gasteiger partial charge in [0.1, 0.15) is 0 Å². The van der Waals surface area contributed by atoms with Crippen molar-refractivity contribution in [3.8, 4) is 27.8 Å². The summed E-state index contributed by atoms with van der Waals surface area (Å²) >= 11 is 1.41. The number of thiazole rings is 1. The number of aryl methyl sites for hydroxylation is 2. The number of carbonyl (C=O) groups excluding carboxylic acids is 1. The van der Waals surface area contributed by atoms with E-state index in [0.717, 1.165) is 46.2 Å². The van der Waals surface area contributed by atoms with E-state index in [4.69, 9.17) is 9.72 Å². The molecule has 2 amide bonds. The van der Waals surface area contributed by atoms with Gasteiger partial charge in [-0.3, -0.25) is 10.3 Å². The predicted octanol–water partition coefficient (Wildman–Crippen LogP) is 3.81. The average Bonchev–Trinajstić information content (AvgIpc) is 3.23. The van der Waals surface area contributed by atoms with Crippen LogP contribution in [0.1, 0.15) is 17.0 Å². The number of likely N-dealkylation sites (N-methyl/N-ethyl adjacent to an activating group) is 1. The number of nitrogens with one attached hydrogen (secondary N) is 2. The number of nitrogens with zero attached hydrogens (tertiary/aromatic N) is 4. The summed E-state index contributed by atoms with van der Waals surface area (Å²) in [6, 6.07) is 13.3.